The number of likely N-dealkylation sites (tertiary alicyclic amines) is 1. The van der Waals surface area contributed by atoms with Crippen molar-refractivity contribution in [2.75, 3.05) is 13.1 Å². The molecule has 6 nitrogen and oxygen atoms in total. The second-order valence-corrected chi connectivity index (χ2v) is 9.37. The summed E-state index contributed by atoms with van der Waals surface area (Å²) in [7, 11) is 0. The first-order chi connectivity index (χ1) is 13.2. The summed E-state index contributed by atoms with van der Waals surface area (Å²) in [5, 5.41) is 9.72. The first kappa shape index (κ1) is 19.0. The zero-order valence-corrected chi connectivity index (χ0v) is 16.9. The van der Waals surface area contributed by atoms with Gasteiger partial charge in [0.2, 0.25) is 0 Å². The second-order valence-electron chi connectivity index (χ2n) is 9.37. The van der Waals surface area contributed by atoms with Crippen LogP contribution in [-0.4, -0.2) is 44.8 Å². The van der Waals surface area contributed by atoms with Gasteiger partial charge in [0.1, 0.15) is 11.4 Å². The SMILES string of the molecule is CC(C)(C)OC(=O)N1CCC2(CCC(c3cnc4ccc(O)cc4n3)C2)CC1. The maximum absolute atomic E-state index is 12.3. The van der Waals surface area contributed by atoms with Crippen LogP contribution in [0.4, 0.5) is 4.79 Å². The number of phenols is 1. The van der Waals surface area contributed by atoms with Crippen molar-refractivity contribution in [3.05, 3.63) is 30.1 Å². The molecule has 1 aromatic heterocycles. The number of hydrogen-bond donors (Lipinski definition) is 1. The average Bonchev–Trinajstić information content (AvgIpc) is 3.04. The molecule has 2 aliphatic rings. The number of phenolic OH excluding ortho intramolecular Hbond substituents is 1. The molecule has 150 valence electrons. The molecule has 1 aliphatic carbocycles. The van der Waals surface area contributed by atoms with E-state index in [1.165, 1.54) is 6.42 Å². The molecule has 1 unspecified atom stereocenters. The standard InChI is InChI=1S/C22H29N3O3/c1-21(2,3)28-20(27)25-10-8-22(9-11-25)7-6-15(13-22)19-14-23-17-5-4-16(26)12-18(17)24-19/h4-5,12,14-15,26H,6-11,13H2,1-3H3. The fourth-order valence-electron chi connectivity index (χ4n) is 4.61. The monoisotopic (exact) mass is 383 g/mol. The van der Waals surface area contributed by atoms with Gasteiger partial charge in [-0.1, -0.05) is 0 Å². The van der Waals surface area contributed by atoms with E-state index in [9.17, 15) is 9.90 Å². The maximum Gasteiger partial charge on any atom is 0.410 e. The van der Waals surface area contributed by atoms with Crippen LogP contribution in [0.15, 0.2) is 24.4 Å². The Labute approximate surface area is 165 Å². The number of ether oxygens (including phenoxy) is 1. The number of rotatable bonds is 1. The molecule has 0 bridgehead atoms. The lowest BCUT2D eigenvalue weighted by Crippen LogP contribution is -2.44. The van der Waals surface area contributed by atoms with Gasteiger partial charge in [0.15, 0.2) is 0 Å². The Balaban J connectivity index is 1.41. The van der Waals surface area contributed by atoms with E-state index in [-0.39, 0.29) is 11.8 Å². The van der Waals surface area contributed by atoms with Gasteiger partial charge in [-0.15, -0.1) is 0 Å². The highest BCUT2D eigenvalue weighted by Gasteiger charge is 2.43. The first-order valence-corrected chi connectivity index (χ1v) is 10.2. The van der Waals surface area contributed by atoms with Crippen LogP contribution in [0.5, 0.6) is 5.75 Å². The molecule has 1 saturated heterocycles. The predicted molar refractivity (Wildman–Crippen MR) is 107 cm³/mol. The minimum Gasteiger partial charge on any atom is -0.508 e. The fraction of sp³-hybridized carbons (Fsp3) is 0.591. The van der Waals surface area contributed by atoms with E-state index in [0.717, 1.165) is 55.5 Å². The van der Waals surface area contributed by atoms with E-state index in [4.69, 9.17) is 9.72 Å². The smallest absolute Gasteiger partial charge is 0.410 e. The predicted octanol–water partition coefficient (Wildman–Crippen LogP) is 4.62. The van der Waals surface area contributed by atoms with Crippen molar-refractivity contribution in [2.24, 2.45) is 5.41 Å². The largest absolute Gasteiger partial charge is 0.508 e. The second kappa shape index (κ2) is 6.90. The summed E-state index contributed by atoms with van der Waals surface area (Å²) in [4.78, 5) is 23.5. The molecule has 1 aromatic carbocycles. The minimum atomic E-state index is -0.451. The first-order valence-electron chi connectivity index (χ1n) is 10.2. The van der Waals surface area contributed by atoms with Crippen molar-refractivity contribution in [3.63, 3.8) is 0 Å². The molecule has 2 heterocycles. The highest BCUT2D eigenvalue weighted by atomic mass is 16.6. The molecule has 6 heteroatoms. The van der Waals surface area contributed by atoms with Crippen LogP contribution in [0.1, 0.15) is 64.5 Å². The zero-order chi connectivity index (χ0) is 19.9. The van der Waals surface area contributed by atoms with Gasteiger partial charge in [-0.2, -0.15) is 0 Å². The van der Waals surface area contributed by atoms with Gasteiger partial charge in [-0.3, -0.25) is 4.98 Å². The summed E-state index contributed by atoms with van der Waals surface area (Å²) < 4.78 is 5.52. The Bertz CT molecular complexity index is 882. The van der Waals surface area contributed by atoms with Gasteiger partial charge in [-0.05, 0) is 70.4 Å². The Morgan fingerprint density at radius 2 is 1.96 bits per heavy atom. The van der Waals surface area contributed by atoms with Gasteiger partial charge in [0.25, 0.3) is 0 Å². The number of fused-ring (bicyclic) bond motifs is 1. The summed E-state index contributed by atoms with van der Waals surface area (Å²) in [6, 6.07) is 5.11. The Hall–Kier alpha value is -2.37. The molecular weight excluding hydrogens is 354 g/mol. The topological polar surface area (TPSA) is 75.5 Å². The zero-order valence-electron chi connectivity index (χ0n) is 16.9. The van der Waals surface area contributed by atoms with Crippen molar-refractivity contribution in [2.45, 2.75) is 64.4 Å². The molecule has 1 spiro atoms. The molecule has 0 radical (unpaired) electrons. The lowest BCUT2D eigenvalue weighted by molar-refractivity contribution is 0.0105. The van der Waals surface area contributed by atoms with Gasteiger partial charge in [-0.25, -0.2) is 9.78 Å². The number of hydrogen-bond acceptors (Lipinski definition) is 5. The molecule has 1 saturated carbocycles. The summed E-state index contributed by atoms with van der Waals surface area (Å²) in [6.45, 7) is 7.24. The van der Waals surface area contributed by atoms with E-state index in [1.807, 2.05) is 31.9 Å². The number of amides is 1. The summed E-state index contributed by atoms with van der Waals surface area (Å²) in [6.07, 6.45) is 7.09. The number of carbonyl (C=O) groups excluding carboxylic acids is 1. The molecule has 1 aliphatic heterocycles. The van der Waals surface area contributed by atoms with Crippen molar-refractivity contribution < 1.29 is 14.6 Å². The van der Waals surface area contributed by atoms with Crippen LogP contribution in [0, 0.1) is 5.41 Å². The molecule has 1 atom stereocenters. The van der Waals surface area contributed by atoms with Crippen LogP contribution < -0.4 is 0 Å². The van der Waals surface area contributed by atoms with Gasteiger partial charge < -0.3 is 14.7 Å². The van der Waals surface area contributed by atoms with Gasteiger partial charge in [0, 0.05) is 31.3 Å². The molecule has 1 N–H and O–H groups in total. The maximum atomic E-state index is 12.3. The molecule has 2 fully saturated rings. The van der Waals surface area contributed by atoms with E-state index in [0.29, 0.717) is 11.3 Å². The summed E-state index contributed by atoms with van der Waals surface area (Å²) >= 11 is 0. The van der Waals surface area contributed by atoms with Gasteiger partial charge in [0.05, 0.1) is 16.7 Å². The fourth-order valence-corrected chi connectivity index (χ4v) is 4.61. The van der Waals surface area contributed by atoms with Crippen molar-refractivity contribution in [1.29, 1.82) is 0 Å². The third-order valence-electron chi connectivity index (χ3n) is 6.14. The highest BCUT2D eigenvalue weighted by molar-refractivity contribution is 5.75. The van der Waals surface area contributed by atoms with Crippen LogP contribution in [0.3, 0.4) is 0 Å². The van der Waals surface area contributed by atoms with E-state index in [1.54, 1.807) is 18.2 Å². The highest BCUT2D eigenvalue weighted by Crippen LogP contribution is 2.52. The Kier molecular flexibility index (Phi) is 4.68. The van der Waals surface area contributed by atoms with E-state index in [2.05, 4.69) is 4.98 Å². The lowest BCUT2D eigenvalue weighted by atomic mass is 9.76. The molecule has 1 amide bonds. The van der Waals surface area contributed by atoms with Crippen molar-refractivity contribution in [3.8, 4) is 5.75 Å². The number of aromatic hydroxyl groups is 1. The van der Waals surface area contributed by atoms with Crippen LogP contribution in [0.2, 0.25) is 0 Å². The quantitative estimate of drug-likeness (QED) is 0.778. The Morgan fingerprint density at radius 3 is 2.68 bits per heavy atom. The van der Waals surface area contributed by atoms with Crippen LogP contribution >= 0.6 is 0 Å². The van der Waals surface area contributed by atoms with Crippen molar-refractivity contribution >= 4 is 17.1 Å². The number of aromatic nitrogens is 2. The minimum absolute atomic E-state index is 0.197. The normalized spacial score (nSPS) is 22.0. The lowest BCUT2D eigenvalue weighted by Gasteiger charge is -2.40. The van der Waals surface area contributed by atoms with Gasteiger partial charge >= 0.3 is 6.09 Å². The number of carbonyl (C=O) groups is 1. The summed E-state index contributed by atoms with van der Waals surface area (Å²) in [5.41, 5.74) is 2.41. The average molecular weight is 383 g/mol. The van der Waals surface area contributed by atoms with E-state index >= 15 is 0 Å². The molecular formula is C22H29N3O3. The third kappa shape index (κ3) is 3.91. The number of benzene rings is 1. The molecule has 4 rings (SSSR count). The van der Waals surface area contributed by atoms with Crippen LogP contribution in [-0.2, 0) is 4.74 Å². The van der Waals surface area contributed by atoms with Crippen LogP contribution in [0.25, 0.3) is 11.0 Å². The number of piperidine rings is 1. The van der Waals surface area contributed by atoms with E-state index < -0.39 is 5.60 Å². The molecule has 28 heavy (non-hydrogen) atoms. The third-order valence-corrected chi connectivity index (χ3v) is 6.14. The summed E-state index contributed by atoms with van der Waals surface area (Å²) in [5.74, 6) is 0.615. The number of nitrogens with zero attached hydrogens (tertiary/aromatic N) is 3. The molecule has 2 aromatic rings. The Morgan fingerprint density at radius 1 is 1.21 bits per heavy atom. The van der Waals surface area contributed by atoms with Crippen molar-refractivity contribution in [1.82, 2.24) is 14.9 Å².